The van der Waals surface area contributed by atoms with Crippen LogP contribution in [0.5, 0.6) is 0 Å². The van der Waals surface area contributed by atoms with Gasteiger partial charge in [0, 0.05) is 61.1 Å². The van der Waals surface area contributed by atoms with Gasteiger partial charge in [-0.1, -0.05) is 12.8 Å². The highest BCUT2D eigenvalue weighted by atomic mass is 16.2. The van der Waals surface area contributed by atoms with Crippen molar-refractivity contribution < 1.29 is 14.4 Å². The molecule has 2 saturated heterocycles. The van der Waals surface area contributed by atoms with Gasteiger partial charge in [0.15, 0.2) is 0 Å². The van der Waals surface area contributed by atoms with Crippen LogP contribution in [0, 0.1) is 5.41 Å². The fourth-order valence-electron chi connectivity index (χ4n) is 6.42. The maximum absolute atomic E-state index is 13.8. The van der Waals surface area contributed by atoms with Gasteiger partial charge < -0.3 is 20.4 Å². The molecule has 3 fully saturated rings. The first-order valence-corrected chi connectivity index (χ1v) is 13.7. The van der Waals surface area contributed by atoms with Crippen LogP contribution in [0.3, 0.4) is 0 Å². The van der Waals surface area contributed by atoms with E-state index in [9.17, 15) is 14.4 Å². The second-order valence-corrected chi connectivity index (χ2v) is 11.3. The standard InChI is InChI=1S/C28H35N7O3/c1-33(2)22-11-14-34(17-22)24(36)18-7-9-20(10-8-18)31-27-30-16-19-15-28(12-13-29-25(28)37)26(38)35(23(19)32-27)21-5-3-4-6-21/h7-10,16,21-22H,3-6,11-15,17H2,1-2H3,(H,29,37)(H,30,31,32)/t22-,28?/m0/s1. The summed E-state index contributed by atoms with van der Waals surface area (Å²) in [5, 5.41) is 6.10. The van der Waals surface area contributed by atoms with E-state index in [0.717, 1.165) is 56.4 Å². The number of benzene rings is 1. The monoisotopic (exact) mass is 517 g/mol. The van der Waals surface area contributed by atoms with Gasteiger partial charge in [0.25, 0.3) is 5.91 Å². The number of amides is 3. The van der Waals surface area contributed by atoms with Crippen molar-refractivity contribution in [3.63, 3.8) is 0 Å². The molecule has 38 heavy (non-hydrogen) atoms. The minimum Gasteiger partial charge on any atom is -0.355 e. The number of rotatable bonds is 5. The molecule has 2 aromatic rings. The summed E-state index contributed by atoms with van der Waals surface area (Å²) in [5.74, 6) is 0.735. The second-order valence-electron chi connectivity index (χ2n) is 11.3. The Balaban J connectivity index is 1.22. The Bertz CT molecular complexity index is 1260. The van der Waals surface area contributed by atoms with Crippen LogP contribution >= 0.6 is 0 Å². The first-order chi connectivity index (χ1) is 18.4. The predicted octanol–water partition coefficient (Wildman–Crippen LogP) is 2.33. The van der Waals surface area contributed by atoms with E-state index in [-0.39, 0.29) is 23.8 Å². The number of likely N-dealkylation sites (tertiary alicyclic amines) is 1. The lowest BCUT2D eigenvalue weighted by Gasteiger charge is -2.40. The van der Waals surface area contributed by atoms with E-state index in [1.54, 1.807) is 11.1 Å². The van der Waals surface area contributed by atoms with Crippen LogP contribution in [-0.2, 0) is 16.0 Å². The van der Waals surface area contributed by atoms with E-state index in [2.05, 4.69) is 20.5 Å². The fraction of sp³-hybridized carbons (Fsp3) is 0.536. The zero-order chi connectivity index (χ0) is 26.4. The molecule has 4 heterocycles. The highest BCUT2D eigenvalue weighted by molar-refractivity contribution is 6.14. The van der Waals surface area contributed by atoms with Gasteiger partial charge in [-0.05, 0) is 64.0 Å². The van der Waals surface area contributed by atoms with Gasteiger partial charge >= 0.3 is 0 Å². The van der Waals surface area contributed by atoms with Crippen LogP contribution in [0.25, 0.3) is 0 Å². The molecule has 1 unspecified atom stereocenters. The molecule has 2 atom stereocenters. The van der Waals surface area contributed by atoms with E-state index in [1.165, 1.54) is 0 Å². The van der Waals surface area contributed by atoms with Crippen LogP contribution in [0.2, 0.25) is 0 Å². The molecule has 1 spiro atoms. The van der Waals surface area contributed by atoms with Crippen LogP contribution in [-0.4, -0.2) is 83.3 Å². The molecule has 1 aromatic carbocycles. The topological polar surface area (TPSA) is 111 Å². The quantitative estimate of drug-likeness (QED) is 0.586. The van der Waals surface area contributed by atoms with Crippen molar-refractivity contribution in [2.75, 3.05) is 43.9 Å². The molecule has 10 nitrogen and oxygen atoms in total. The Morgan fingerprint density at radius 2 is 1.89 bits per heavy atom. The zero-order valence-corrected chi connectivity index (χ0v) is 22.1. The molecule has 4 aliphatic rings. The van der Waals surface area contributed by atoms with E-state index >= 15 is 0 Å². The molecule has 200 valence electrons. The summed E-state index contributed by atoms with van der Waals surface area (Å²) in [6.45, 7) is 2.03. The van der Waals surface area contributed by atoms with Crippen molar-refractivity contribution in [1.82, 2.24) is 25.1 Å². The minimum atomic E-state index is -1.04. The predicted molar refractivity (Wildman–Crippen MR) is 143 cm³/mol. The Morgan fingerprint density at radius 3 is 2.55 bits per heavy atom. The zero-order valence-electron chi connectivity index (χ0n) is 22.1. The number of carbonyl (C=O) groups is 3. The van der Waals surface area contributed by atoms with Gasteiger partial charge in [0.05, 0.1) is 0 Å². The maximum atomic E-state index is 13.8. The summed E-state index contributed by atoms with van der Waals surface area (Å²) in [4.78, 5) is 54.7. The Labute approximate surface area is 222 Å². The van der Waals surface area contributed by atoms with Crippen molar-refractivity contribution >= 4 is 35.2 Å². The van der Waals surface area contributed by atoms with Gasteiger partial charge in [-0.15, -0.1) is 0 Å². The molecule has 3 amide bonds. The number of aromatic nitrogens is 2. The average Bonchev–Trinajstić information content (AvgIpc) is 3.68. The second kappa shape index (κ2) is 9.65. The summed E-state index contributed by atoms with van der Waals surface area (Å²) in [5.41, 5.74) is 1.20. The molecule has 1 saturated carbocycles. The average molecular weight is 518 g/mol. The molecule has 0 radical (unpaired) electrons. The summed E-state index contributed by atoms with van der Waals surface area (Å²) in [6.07, 6.45) is 7.53. The summed E-state index contributed by atoms with van der Waals surface area (Å²) >= 11 is 0. The van der Waals surface area contributed by atoms with E-state index in [4.69, 9.17) is 4.98 Å². The largest absolute Gasteiger partial charge is 0.355 e. The number of nitrogens with one attached hydrogen (secondary N) is 2. The molecule has 10 heteroatoms. The highest BCUT2D eigenvalue weighted by Crippen LogP contribution is 2.44. The van der Waals surface area contributed by atoms with Crippen LogP contribution in [0.1, 0.15) is 54.4 Å². The smallest absolute Gasteiger partial charge is 0.253 e. The molecule has 6 rings (SSSR count). The highest BCUT2D eigenvalue weighted by Gasteiger charge is 2.56. The van der Waals surface area contributed by atoms with E-state index in [0.29, 0.717) is 42.8 Å². The van der Waals surface area contributed by atoms with Crippen molar-refractivity contribution in [3.8, 4) is 0 Å². The molecule has 1 aliphatic carbocycles. The molecular formula is C28H35N7O3. The molecule has 3 aliphatic heterocycles. The lowest BCUT2D eigenvalue weighted by atomic mass is 9.76. The van der Waals surface area contributed by atoms with E-state index < -0.39 is 5.41 Å². The van der Waals surface area contributed by atoms with E-state index in [1.807, 2.05) is 43.3 Å². The first kappa shape index (κ1) is 24.8. The Hall–Kier alpha value is -3.53. The third kappa shape index (κ3) is 4.20. The molecule has 0 bridgehead atoms. The van der Waals surface area contributed by atoms with Crippen molar-refractivity contribution in [3.05, 3.63) is 41.6 Å². The lowest BCUT2D eigenvalue weighted by Crippen LogP contribution is -2.56. The van der Waals surface area contributed by atoms with Crippen LogP contribution < -0.4 is 15.5 Å². The normalized spacial score (nSPS) is 25.4. The van der Waals surface area contributed by atoms with Gasteiger partial charge in [0.1, 0.15) is 11.2 Å². The van der Waals surface area contributed by atoms with Gasteiger partial charge in [-0.25, -0.2) is 4.98 Å². The number of hydrogen-bond acceptors (Lipinski definition) is 7. The first-order valence-electron chi connectivity index (χ1n) is 13.7. The summed E-state index contributed by atoms with van der Waals surface area (Å²) < 4.78 is 0. The minimum absolute atomic E-state index is 0.0431. The van der Waals surface area contributed by atoms with Gasteiger partial charge in [-0.3, -0.25) is 19.3 Å². The van der Waals surface area contributed by atoms with Crippen LogP contribution in [0.4, 0.5) is 17.5 Å². The van der Waals surface area contributed by atoms with Gasteiger partial charge in [0.2, 0.25) is 17.8 Å². The number of carbonyl (C=O) groups excluding carboxylic acids is 3. The number of nitrogens with zero attached hydrogens (tertiary/aromatic N) is 5. The SMILES string of the molecule is CN(C)[C@H]1CCN(C(=O)c2ccc(Nc3ncc4c(n3)N(C3CCCC3)C(=O)C3(CCNC3=O)C4)cc2)C1. The van der Waals surface area contributed by atoms with Crippen LogP contribution in [0.15, 0.2) is 30.5 Å². The number of anilines is 3. The van der Waals surface area contributed by atoms with Gasteiger partial charge in [-0.2, -0.15) is 4.98 Å². The third-order valence-electron chi connectivity index (χ3n) is 8.72. The molecular weight excluding hydrogens is 482 g/mol. The molecule has 2 N–H and O–H groups in total. The van der Waals surface area contributed by atoms with Crippen molar-refractivity contribution in [1.29, 1.82) is 0 Å². The number of likely N-dealkylation sites (N-methyl/N-ethyl adjacent to an activating group) is 1. The summed E-state index contributed by atoms with van der Waals surface area (Å²) in [7, 11) is 4.10. The fourth-order valence-corrected chi connectivity index (χ4v) is 6.42. The molecule has 1 aromatic heterocycles. The maximum Gasteiger partial charge on any atom is 0.253 e. The Morgan fingerprint density at radius 1 is 1.13 bits per heavy atom. The third-order valence-corrected chi connectivity index (χ3v) is 8.72. The van der Waals surface area contributed by atoms with Crippen molar-refractivity contribution in [2.24, 2.45) is 5.41 Å². The number of hydrogen-bond donors (Lipinski definition) is 2. The number of fused-ring (bicyclic) bond motifs is 1. The van der Waals surface area contributed by atoms with Crippen molar-refractivity contribution in [2.45, 2.75) is 57.0 Å². The summed E-state index contributed by atoms with van der Waals surface area (Å²) in [6, 6.07) is 7.80. The lowest BCUT2D eigenvalue weighted by molar-refractivity contribution is -0.140. The Kier molecular flexibility index (Phi) is 6.29.